The fourth-order valence-corrected chi connectivity index (χ4v) is 8.45. The summed E-state index contributed by atoms with van der Waals surface area (Å²) in [6, 6.07) is -0.875. The zero-order chi connectivity index (χ0) is 47.1. The molecular formula is C55H106N2O6P+. The van der Waals surface area contributed by atoms with Crippen molar-refractivity contribution < 1.29 is 32.9 Å². The van der Waals surface area contributed by atoms with E-state index in [0.29, 0.717) is 17.4 Å². The lowest BCUT2D eigenvalue weighted by Crippen LogP contribution is -2.45. The Morgan fingerprint density at radius 1 is 0.516 bits per heavy atom. The third kappa shape index (κ3) is 48.4. The number of unbranched alkanes of at least 4 members (excludes halogenated alkanes) is 30. The van der Waals surface area contributed by atoms with Gasteiger partial charge in [0.1, 0.15) is 13.2 Å². The normalized spacial score (nSPS) is 14.4. The molecule has 0 aromatic heterocycles. The van der Waals surface area contributed by atoms with Crippen molar-refractivity contribution in [2.24, 2.45) is 0 Å². The highest BCUT2D eigenvalue weighted by Gasteiger charge is 2.27. The van der Waals surface area contributed by atoms with Crippen LogP contribution in [0, 0.1) is 0 Å². The van der Waals surface area contributed by atoms with Crippen molar-refractivity contribution in [3.8, 4) is 0 Å². The summed E-state index contributed by atoms with van der Waals surface area (Å²) >= 11 is 0. The quantitative estimate of drug-likeness (QED) is 0.0243. The van der Waals surface area contributed by atoms with Crippen molar-refractivity contribution in [3.05, 3.63) is 48.6 Å². The van der Waals surface area contributed by atoms with Gasteiger partial charge in [0.15, 0.2) is 0 Å². The van der Waals surface area contributed by atoms with Crippen LogP contribution in [0.15, 0.2) is 48.6 Å². The van der Waals surface area contributed by atoms with E-state index in [9.17, 15) is 19.4 Å². The van der Waals surface area contributed by atoms with E-state index in [1.54, 1.807) is 6.08 Å². The van der Waals surface area contributed by atoms with Crippen LogP contribution < -0.4 is 5.32 Å². The van der Waals surface area contributed by atoms with E-state index in [0.717, 1.165) is 57.8 Å². The van der Waals surface area contributed by atoms with Gasteiger partial charge in [-0.3, -0.25) is 13.8 Å². The smallest absolute Gasteiger partial charge is 0.387 e. The molecule has 9 heteroatoms. The lowest BCUT2D eigenvalue weighted by Gasteiger charge is -2.25. The summed E-state index contributed by atoms with van der Waals surface area (Å²) in [6.45, 7) is 4.80. The minimum Gasteiger partial charge on any atom is -0.387 e. The summed E-state index contributed by atoms with van der Waals surface area (Å²) in [5, 5.41) is 13.9. The molecule has 1 amide bonds. The monoisotopic (exact) mass is 922 g/mol. The van der Waals surface area contributed by atoms with Crippen LogP contribution in [0.25, 0.3) is 0 Å². The second-order valence-corrected chi connectivity index (χ2v) is 21.0. The van der Waals surface area contributed by atoms with Crippen molar-refractivity contribution in [2.45, 2.75) is 257 Å². The first-order valence-electron chi connectivity index (χ1n) is 27.0. The molecule has 376 valence electrons. The maximum atomic E-state index is 12.9. The molecule has 0 fully saturated rings. The molecule has 0 heterocycles. The van der Waals surface area contributed by atoms with Gasteiger partial charge in [-0.1, -0.05) is 217 Å². The predicted molar refractivity (Wildman–Crippen MR) is 277 cm³/mol. The Kier molecular flexibility index (Phi) is 45.4. The Bertz CT molecular complexity index is 1180. The van der Waals surface area contributed by atoms with Crippen LogP contribution in [-0.4, -0.2) is 73.4 Å². The highest BCUT2D eigenvalue weighted by molar-refractivity contribution is 7.47. The Morgan fingerprint density at radius 2 is 0.859 bits per heavy atom. The molecule has 0 aliphatic rings. The zero-order valence-electron chi connectivity index (χ0n) is 42.8. The summed E-state index contributed by atoms with van der Waals surface area (Å²) in [5.74, 6) is -0.198. The Hall–Kier alpha value is -1.54. The lowest BCUT2D eigenvalue weighted by atomic mass is 10.0. The molecule has 3 atom stereocenters. The lowest BCUT2D eigenvalue weighted by molar-refractivity contribution is -0.870. The van der Waals surface area contributed by atoms with Crippen molar-refractivity contribution in [1.82, 2.24) is 5.32 Å². The minimum atomic E-state index is -4.36. The number of phosphoric acid groups is 1. The van der Waals surface area contributed by atoms with Gasteiger partial charge in [0.25, 0.3) is 0 Å². The van der Waals surface area contributed by atoms with E-state index in [-0.39, 0.29) is 19.1 Å². The van der Waals surface area contributed by atoms with Gasteiger partial charge >= 0.3 is 7.82 Å². The van der Waals surface area contributed by atoms with Crippen LogP contribution in [0.5, 0.6) is 0 Å². The van der Waals surface area contributed by atoms with Crippen molar-refractivity contribution in [1.29, 1.82) is 0 Å². The summed E-state index contributed by atoms with van der Waals surface area (Å²) < 4.78 is 23.6. The fourth-order valence-electron chi connectivity index (χ4n) is 7.72. The van der Waals surface area contributed by atoms with Crippen LogP contribution in [0.4, 0.5) is 0 Å². The Labute approximate surface area is 397 Å². The molecule has 0 aliphatic carbocycles. The number of aliphatic hydroxyl groups is 1. The van der Waals surface area contributed by atoms with Crippen molar-refractivity contribution >= 4 is 13.7 Å². The summed E-state index contributed by atoms with van der Waals surface area (Å²) in [5.41, 5.74) is 0. The molecule has 3 unspecified atom stereocenters. The molecule has 0 radical (unpaired) electrons. The average Bonchev–Trinajstić information content (AvgIpc) is 3.25. The average molecular weight is 922 g/mol. The second kappa shape index (κ2) is 46.6. The van der Waals surface area contributed by atoms with E-state index in [1.807, 2.05) is 27.2 Å². The highest BCUT2D eigenvalue weighted by Crippen LogP contribution is 2.43. The molecule has 0 rings (SSSR count). The first kappa shape index (κ1) is 62.5. The standard InChI is InChI=1S/C55H105N2O6P/c1-6-8-10-12-14-16-18-20-22-24-26-27-28-29-30-31-32-34-36-38-40-42-44-46-48-54(58)53(52-63-64(60,61)62-51-50-57(3,4)5)56-55(59)49-47-45-43-41-39-37-35-33-25-23-21-19-17-15-13-11-9-7-2/h31-33,35,38,40,46,48,53-54,58H,6-30,34,36-37,39,41-45,47,49-52H2,1-5H3,(H-,56,59,60,61)/p+1/b32-31+,35-33-,40-38+,48-46+. The molecular weight excluding hydrogens is 816 g/mol. The van der Waals surface area contributed by atoms with Gasteiger partial charge in [-0.25, -0.2) is 4.57 Å². The minimum absolute atomic E-state index is 0.0513. The maximum Gasteiger partial charge on any atom is 0.472 e. The number of amides is 1. The van der Waals surface area contributed by atoms with E-state index >= 15 is 0 Å². The summed E-state index contributed by atoms with van der Waals surface area (Å²) in [7, 11) is 1.54. The van der Waals surface area contributed by atoms with Crippen LogP contribution >= 0.6 is 7.82 Å². The largest absolute Gasteiger partial charge is 0.472 e. The Balaban J connectivity index is 4.36. The molecule has 0 aromatic carbocycles. The molecule has 0 aliphatic heterocycles. The molecule has 0 saturated heterocycles. The number of nitrogens with one attached hydrogen (secondary N) is 1. The number of allylic oxidation sites excluding steroid dienone is 7. The van der Waals surface area contributed by atoms with E-state index in [4.69, 9.17) is 9.05 Å². The fraction of sp³-hybridized carbons (Fsp3) is 0.836. The van der Waals surface area contributed by atoms with Gasteiger partial charge in [0.2, 0.25) is 5.91 Å². The van der Waals surface area contributed by atoms with Gasteiger partial charge in [-0.15, -0.1) is 0 Å². The molecule has 3 N–H and O–H groups in total. The predicted octanol–water partition coefficient (Wildman–Crippen LogP) is 16.0. The van der Waals surface area contributed by atoms with Crippen molar-refractivity contribution in [3.63, 3.8) is 0 Å². The molecule has 0 bridgehead atoms. The SMILES string of the molecule is CCCCCCCCCCC/C=C\CCCCCCCC(=O)NC(COP(=O)(O)OCC[N+](C)(C)C)C(O)/C=C/CC/C=C/CC/C=C/CCCCCCCCCCCCCCCC. The number of carbonyl (C=O) groups excluding carboxylic acids is 1. The van der Waals surface area contributed by atoms with Crippen LogP contribution in [-0.2, 0) is 18.4 Å². The third-order valence-corrected chi connectivity index (χ3v) is 13.0. The maximum absolute atomic E-state index is 12.9. The third-order valence-electron chi connectivity index (χ3n) is 12.0. The van der Waals surface area contributed by atoms with Gasteiger partial charge in [-0.05, 0) is 70.6 Å². The number of rotatable bonds is 49. The zero-order valence-corrected chi connectivity index (χ0v) is 43.7. The molecule has 64 heavy (non-hydrogen) atoms. The van der Waals surface area contributed by atoms with E-state index < -0.39 is 20.0 Å². The number of phosphoric ester groups is 1. The summed E-state index contributed by atoms with van der Waals surface area (Å²) in [4.78, 5) is 23.2. The van der Waals surface area contributed by atoms with Crippen LogP contribution in [0.3, 0.4) is 0 Å². The van der Waals surface area contributed by atoms with Crippen molar-refractivity contribution in [2.75, 3.05) is 40.9 Å². The van der Waals surface area contributed by atoms with Crippen LogP contribution in [0.2, 0.25) is 0 Å². The number of aliphatic hydroxyl groups excluding tert-OH is 1. The number of likely N-dealkylation sites (N-methyl/N-ethyl adjacent to an activating group) is 1. The number of hydrogen-bond donors (Lipinski definition) is 3. The molecule has 0 aromatic rings. The molecule has 0 saturated carbocycles. The highest BCUT2D eigenvalue weighted by atomic mass is 31.2. The van der Waals surface area contributed by atoms with Gasteiger partial charge in [0.05, 0.1) is 39.9 Å². The van der Waals surface area contributed by atoms with E-state index in [1.165, 1.54) is 167 Å². The topological polar surface area (TPSA) is 105 Å². The van der Waals surface area contributed by atoms with Gasteiger partial charge in [-0.2, -0.15) is 0 Å². The number of carbonyl (C=O) groups is 1. The first-order valence-corrected chi connectivity index (χ1v) is 28.5. The molecule has 0 spiro atoms. The number of hydrogen-bond acceptors (Lipinski definition) is 5. The number of nitrogens with zero attached hydrogens (tertiary/aromatic N) is 1. The molecule has 8 nitrogen and oxygen atoms in total. The Morgan fingerprint density at radius 3 is 1.25 bits per heavy atom. The van der Waals surface area contributed by atoms with Crippen LogP contribution in [0.1, 0.15) is 245 Å². The number of quaternary nitrogens is 1. The first-order chi connectivity index (χ1) is 31.0. The van der Waals surface area contributed by atoms with E-state index in [2.05, 4.69) is 55.6 Å². The van der Waals surface area contributed by atoms with Gasteiger partial charge in [0, 0.05) is 6.42 Å². The second-order valence-electron chi connectivity index (χ2n) is 19.6. The van der Waals surface area contributed by atoms with Gasteiger partial charge < -0.3 is 19.8 Å². The summed E-state index contributed by atoms with van der Waals surface area (Å²) in [6.07, 6.45) is 60.6.